The Morgan fingerprint density at radius 1 is 1.05 bits per heavy atom. The molecule has 1 aliphatic carbocycles. The summed E-state index contributed by atoms with van der Waals surface area (Å²) >= 11 is 6.23. The molecule has 4 aromatic rings. The zero-order chi connectivity index (χ0) is 27.1. The lowest BCUT2D eigenvalue weighted by molar-refractivity contribution is -0.141. The molecule has 1 aromatic heterocycles. The Morgan fingerprint density at radius 2 is 1.79 bits per heavy atom. The van der Waals surface area contributed by atoms with Crippen LogP contribution in [0.25, 0.3) is 11.1 Å². The number of hydrogen-bond acceptors (Lipinski definition) is 4. The second kappa shape index (κ2) is 10.1. The molecule has 1 fully saturated rings. The molecule has 198 valence electrons. The molecule has 6 nitrogen and oxygen atoms in total. The van der Waals surface area contributed by atoms with Gasteiger partial charge >= 0.3 is 0 Å². The van der Waals surface area contributed by atoms with E-state index in [1.165, 1.54) is 17.0 Å². The molecule has 1 atom stereocenters. The van der Waals surface area contributed by atoms with Gasteiger partial charge in [0, 0.05) is 11.6 Å². The number of aliphatic hydroxyl groups is 1. The van der Waals surface area contributed by atoms with Gasteiger partial charge in [-0.1, -0.05) is 54.1 Å². The second-order valence-electron chi connectivity index (χ2n) is 10.3. The molecule has 0 unspecified atom stereocenters. The van der Waals surface area contributed by atoms with Crippen molar-refractivity contribution in [2.45, 2.75) is 43.7 Å². The fourth-order valence-electron chi connectivity index (χ4n) is 5.48. The first-order valence-corrected chi connectivity index (χ1v) is 13.4. The van der Waals surface area contributed by atoms with Crippen molar-refractivity contribution >= 4 is 17.5 Å². The predicted octanol–water partition coefficient (Wildman–Crippen LogP) is 5.32. The van der Waals surface area contributed by atoms with E-state index in [4.69, 9.17) is 16.6 Å². The van der Waals surface area contributed by atoms with Gasteiger partial charge in [-0.2, -0.15) is 0 Å². The van der Waals surface area contributed by atoms with Crippen LogP contribution in [0.5, 0.6) is 0 Å². The van der Waals surface area contributed by atoms with Crippen molar-refractivity contribution in [1.29, 1.82) is 0 Å². The van der Waals surface area contributed by atoms with E-state index in [0.717, 1.165) is 18.4 Å². The maximum atomic E-state index is 13.7. The molecule has 2 N–H and O–H groups in total. The molecule has 0 saturated heterocycles. The summed E-state index contributed by atoms with van der Waals surface area (Å²) in [7, 11) is 0. The number of H-pyrrole nitrogens is 1. The highest BCUT2D eigenvalue weighted by Crippen LogP contribution is 2.52. The topological polar surface area (TPSA) is 86.3 Å². The van der Waals surface area contributed by atoms with Gasteiger partial charge in [0.1, 0.15) is 11.6 Å². The minimum Gasteiger partial charge on any atom is -0.378 e. The summed E-state index contributed by atoms with van der Waals surface area (Å²) in [5.74, 6) is -0.206. The number of aliphatic hydroxyl groups excluding tert-OH is 1. The van der Waals surface area contributed by atoms with Crippen LogP contribution in [0.2, 0.25) is 5.02 Å². The first-order chi connectivity index (χ1) is 18.8. The Labute approximate surface area is 230 Å². The summed E-state index contributed by atoms with van der Waals surface area (Å²) in [5, 5.41) is 11.6. The van der Waals surface area contributed by atoms with Crippen LogP contribution < -0.4 is 5.56 Å². The highest BCUT2D eigenvalue weighted by molar-refractivity contribution is 6.30. The maximum Gasteiger partial charge on any atom is 0.256 e. The number of aromatic amines is 1. The molecule has 8 heteroatoms. The van der Waals surface area contributed by atoms with Crippen LogP contribution in [-0.2, 0) is 23.2 Å². The molecule has 1 amide bonds. The van der Waals surface area contributed by atoms with Gasteiger partial charge in [0.15, 0.2) is 6.10 Å². The van der Waals surface area contributed by atoms with Gasteiger partial charge in [-0.05, 0) is 78.3 Å². The minimum atomic E-state index is -1.41. The van der Waals surface area contributed by atoms with E-state index in [1.54, 1.807) is 36.4 Å². The Hall–Kier alpha value is -3.81. The Bertz CT molecular complexity index is 1630. The van der Waals surface area contributed by atoms with Crippen LogP contribution in [0.1, 0.15) is 53.6 Å². The summed E-state index contributed by atoms with van der Waals surface area (Å²) in [6.07, 6.45) is 1.52. The van der Waals surface area contributed by atoms with Crippen LogP contribution in [0.4, 0.5) is 4.39 Å². The molecule has 3 aromatic carbocycles. The summed E-state index contributed by atoms with van der Waals surface area (Å²) in [6.45, 7) is 0.464. The quantitative estimate of drug-likeness (QED) is 0.357. The molecule has 0 radical (unpaired) electrons. The minimum absolute atomic E-state index is 0.0710. The van der Waals surface area contributed by atoms with Crippen LogP contribution in [-0.4, -0.2) is 32.4 Å². The van der Waals surface area contributed by atoms with E-state index in [1.807, 2.05) is 24.3 Å². The molecule has 39 heavy (non-hydrogen) atoms. The lowest BCUT2D eigenvalue weighted by Gasteiger charge is -2.24. The van der Waals surface area contributed by atoms with Crippen LogP contribution >= 0.6 is 11.6 Å². The van der Waals surface area contributed by atoms with E-state index in [-0.39, 0.29) is 23.3 Å². The van der Waals surface area contributed by atoms with Crippen molar-refractivity contribution in [3.63, 3.8) is 0 Å². The number of rotatable bonds is 5. The zero-order valence-electron chi connectivity index (χ0n) is 21.2. The van der Waals surface area contributed by atoms with Gasteiger partial charge in [0.2, 0.25) is 0 Å². The molecule has 6 rings (SSSR count). The summed E-state index contributed by atoms with van der Waals surface area (Å²) < 4.78 is 13.7. The second-order valence-corrected chi connectivity index (χ2v) is 10.8. The molecule has 1 aliphatic heterocycles. The van der Waals surface area contributed by atoms with Gasteiger partial charge in [-0.15, -0.1) is 0 Å². The number of aryl methyl sites for hydroxylation is 1. The number of carbonyl (C=O) groups is 1. The van der Waals surface area contributed by atoms with E-state index in [9.17, 15) is 19.1 Å². The lowest BCUT2D eigenvalue weighted by atomic mass is 9.94. The third-order valence-electron chi connectivity index (χ3n) is 7.78. The molecule has 0 bridgehead atoms. The highest BCUT2D eigenvalue weighted by atomic mass is 35.5. The normalized spacial score (nSPS) is 16.7. The van der Waals surface area contributed by atoms with E-state index in [0.29, 0.717) is 58.2 Å². The van der Waals surface area contributed by atoms with E-state index >= 15 is 0 Å². The number of carbonyl (C=O) groups excluding carboxylic acids is 1. The number of nitrogens with one attached hydrogen (secondary N) is 1. The van der Waals surface area contributed by atoms with Gasteiger partial charge in [0.25, 0.3) is 11.5 Å². The van der Waals surface area contributed by atoms with E-state index < -0.39 is 12.0 Å². The Balaban J connectivity index is 1.25. The third kappa shape index (κ3) is 4.88. The maximum absolute atomic E-state index is 13.7. The molecule has 2 aliphatic rings. The van der Waals surface area contributed by atoms with Gasteiger partial charge in [0.05, 0.1) is 23.2 Å². The molecule has 0 spiro atoms. The average molecular weight is 544 g/mol. The standard InChI is InChI=1S/C31H27ClFN3O3/c32-23-9-3-8-22(17-23)31(12-13-31)30-34-26-11-4-14-36(18-25(26)28(38)35-30)29(39)27(37)21-7-1-5-19(15-21)20-6-2-10-24(33)16-20/h1-3,5-10,15-17,27,37H,4,11-14,18H2,(H,34,35,38)/t27-/m1/s1. The number of aromatic nitrogens is 2. The SMILES string of the molecule is O=C([C@H](O)c1cccc(-c2cccc(F)c2)c1)N1CCCc2nc(C3(c4cccc(Cl)c4)CC3)[nH]c(=O)c2C1. The fraction of sp³-hybridized carbons (Fsp3) is 0.258. The average Bonchev–Trinajstić information content (AvgIpc) is 3.77. The van der Waals surface area contributed by atoms with E-state index in [2.05, 4.69) is 4.98 Å². The summed E-state index contributed by atoms with van der Waals surface area (Å²) in [5.41, 5.74) is 3.33. The van der Waals surface area contributed by atoms with Crippen molar-refractivity contribution in [2.75, 3.05) is 6.54 Å². The predicted molar refractivity (Wildman–Crippen MR) is 147 cm³/mol. The Morgan fingerprint density at radius 3 is 2.54 bits per heavy atom. The number of fused-ring (bicyclic) bond motifs is 1. The van der Waals surface area contributed by atoms with Crippen LogP contribution in [0, 0.1) is 5.82 Å². The molecular formula is C31H27ClFN3O3. The van der Waals surface area contributed by atoms with Crippen LogP contribution in [0.15, 0.2) is 77.6 Å². The Kier molecular flexibility index (Phi) is 6.57. The summed E-state index contributed by atoms with van der Waals surface area (Å²) in [4.78, 5) is 36.1. The molecule has 2 heterocycles. The first kappa shape index (κ1) is 25.5. The van der Waals surface area contributed by atoms with Crippen molar-refractivity contribution in [2.24, 2.45) is 0 Å². The monoisotopic (exact) mass is 543 g/mol. The van der Waals surface area contributed by atoms with Gasteiger partial charge < -0.3 is 15.0 Å². The van der Waals surface area contributed by atoms with Crippen molar-refractivity contribution in [3.05, 3.63) is 122 Å². The van der Waals surface area contributed by atoms with Crippen molar-refractivity contribution in [3.8, 4) is 11.1 Å². The van der Waals surface area contributed by atoms with Crippen LogP contribution in [0.3, 0.4) is 0 Å². The van der Waals surface area contributed by atoms with Crippen molar-refractivity contribution in [1.82, 2.24) is 14.9 Å². The van der Waals surface area contributed by atoms with Gasteiger partial charge in [-0.3, -0.25) is 9.59 Å². The number of hydrogen-bond donors (Lipinski definition) is 2. The highest BCUT2D eigenvalue weighted by Gasteiger charge is 2.48. The number of benzene rings is 3. The van der Waals surface area contributed by atoms with Crippen molar-refractivity contribution < 1.29 is 14.3 Å². The smallest absolute Gasteiger partial charge is 0.256 e. The number of halogens is 2. The van der Waals surface area contributed by atoms with Gasteiger partial charge in [-0.25, -0.2) is 9.37 Å². The first-order valence-electron chi connectivity index (χ1n) is 13.1. The third-order valence-corrected chi connectivity index (χ3v) is 8.01. The largest absolute Gasteiger partial charge is 0.378 e. The summed E-state index contributed by atoms with van der Waals surface area (Å²) in [6, 6.07) is 20.7. The molecular weight excluding hydrogens is 517 g/mol. The lowest BCUT2D eigenvalue weighted by Crippen LogP contribution is -2.36. The number of nitrogens with zero attached hydrogens (tertiary/aromatic N) is 2. The zero-order valence-corrected chi connectivity index (χ0v) is 21.9. The number of amides is 1. The molecule has 1 saturated carbocycles. The fourth-order valence-corrected chi connectivity index (χ4v) is 5.67.